The molecule has 0 amide bonds. The van der Waals surface area contributed by atoms with Gasteiger partial charge < -0.3 is 0 Å². The molecule has 0 aromatic carbocycles. The number of hydrogen-bond donors (Lipinski definition) is 0. The van der Waals surface area contributed by atoms with Crippen molar-refractivity contribution in [1.82, 2.24) is 0 Å². The van der Waals surface area contributed by atoms with E-state index in [9.17, 15) is 4.79 Å². The number of carbonyl (C=O) groups is 1. The maximum Gasteiger partial charge on any atom is 0.159 e. The van der Waals surface area contributed by atoms with Gasteiger partial charge in [-0.1, -0.05) is 40.5 Å². The molecule has 0 aliphatic carbocycles. The molecule has 0 bridgehead atoms. The van der Waals surface area contributed by atoms with Crippen LogP contribution in [0.15, 0.2) is 46.6 Å². The van der Waals surface area contributed by atoms with Crippen molar-refractivity contribution in [3.63, 3.8) is 0 Å². The zero-order valence-corrected chi connectivity index (χ0v) is 14.8. The maximum atomic E-state index is 11.9. The van der Waals surface area contributed by atoms with Crippen LogP contribution in [0.25, 0.3) is 0 Å². The van der Waals surface area contributed by atoms with E-state index < -0.39 is 0 Å². The van der Waals surface area contributed by atoms with E-state index in [0.29, 0.717) is 6.42 Å². The Labute approximate surface area is 131 Å². The minimum Gasteiger partial charge on any atom is -0.295 e. The van der Waals surface area contributed by atoms with Crippen LogP contribution in [-0.4, -0.2) is 5.78 Å². The van der Waals surface area contributed by atoms with E-state index >= 15 is 0 Å². The highest BCUT2D eigenvalue weighted by atomic mass is 16.1. The molecule has 1 heteroatoms. The molecule has 0 aliphatic rings. The van der Waals surface area contributed by atoms with Crippen molar-refractivity contribution in [2.75, 3.05) is 0 Å². The first kappa shape index (κ1) is 19.6. The van der Waals surface area contributed by atoms with Gasteiger partial charge in [-0.2, -0.15) is 0 Å². The Morgan fingerprint density at radius 3 is 1.67 bits per heavy atom. The van der Waals surface area contributed by atoms with E-state index in [-0.39, 0.29) is 5.78 Å². The number of allylic oxidation sites excluding steroid dienone is 8. The van der Waals surface area contributed by atoms with E-state index in [2.05, 4.69) is 52.8 Å². The highest BCUT2D eigenvalue weighted by Gasteiger charge is 1.98. The monoisotopic (exact) mass is 288 g/mol. The van der Waals surface area contributed by atoms with Crippen molar-refractivity contribution in [2.24, 2.45) is 0 Å². The van der Waals surface area contributed by atoms with Gasteiger partial charge in [0.1, 0.15) is 0 Å². The van der Waals surface area contributed by atoms with Crippen LogP contribution in [0.5, 0.6) is 0 Å². The Balaban J connectivity index is 4.17. The smallest absolute Gasteiger partial charge is 0.159 e. The molecule has 0 rings (SSSR count). The quantitative estimate of drug-likeness (QED) is 0.358. The predicted molar refractivity (Wildman–Crippen MR) is 94.5 cm³/mol. The van der Waals surface area contributed by atoms with E-state index in [0.717, 1.165) is 25.7 Å². The first-order chi connectivity index (χ1) is 9.81. The molecule has 0 heterocycles. The average molecular weight is 288 g/mol. The standard InChI is InChI=1S/C20H32O/c1-16(2)9-7-11-18(5)13-14-20(21)15-19(6)12-8-10-17(3)4/h9-10,13,15H,7-8,11-12,14H2,1-6H3/b18-13+,19-15+. The van der Waals surface area contributed by atoms with Gasteiger partial charge in [-0.3, -0.25) is 4.79 Å². The number of ketones is 1. The summed E-state index contributed by atoms with van der Waals surface area (Å²) in [7, 11) is 0. The molecule has 0 aromatic rings. The minimum atomic E-state index is 0.214. The van der Waals surface area contributed by atoms with Crippen LogP contribution in [0.1, 0.15) is 73.6 Å². The molecule has 0 atom stereocenters. The summed E-state index contributed by atoms with van der Waals surface area (Å²) in [6, 6.07) is 0. The topological polar surface area (TPSA) is 17.1 Å². The molecule has 0 aromatic heterocycles. The van der Waals surface area contributed by atoms with Crippen molar-refractivity contribution in [1.29, 1.82) is 0 Å². The second kappa shape index (κ2) is 11.3. The van der Waals surface area contributed by atoms with E-state index in [1.807, 2.05) is 6.92 Å². The lowest BCUT2D eigenvalue weighted by atomic mass is 10.1. The average Bonchev–Trinajstić information content (AvgIpc) is 2.35. The molecule has 0 saturated heterocycles. The summed E-state index contributed by atoms with van der Waals surface area (Å²) in [6.45, 7) is 12.6. The SMILES string of the molecule is CC(C)=CCC/C(C)=C/CC(=O)/C=C(\C)CCC=C(C)C. The van der Waals surface area contributed by atoms with Crippen molar-refractivity contribution >= 4 is 5.78 Å². The van der Waals surface area contributed by atoms with Crippen molar-refractivity contribution in [3.05, 3.63) is 46.6 Å². The number of rotatable bonds is 9. The molecule has 0 spiro atoms. The van der Waals surface area contributed by atoms with Crippen LogP contribution >= 0.6 is 0 Å². The van der Waals surface area contributed by atoms with Crippen LogP contribution < -0.4 is 0 Å². The lowest BCUT2D eigenvalue weighted by Gasteiger charge is -2.00. The van der Waals surface area contributed by atoms with E-state index in [4.69, 9.17) is 0 Å². The van der Waals surface area contributed by atoms with E-state index in [1.54, 1.807) is 6.08 Å². The number of hydrogen-bond acceptors (Lipinski definition) is 1. The molecule has 0 aliphatic heterocycles. The molecule has 118 valence electrons. The predicted octanol–water partition coefficient (Wildman–Crippen LogP) is 6.33. The Kier molecular flexibility index (Phi) is 10.6. The zero-order chi connectivity index (χ0) is 16.3. The highest BCUT2D eigenvalue weighted by molar-refractivity contribution is 5.91. The van der Waals surface area contributed by atoms with Crippen molar-refractivity contribution < 1.29 is 4.79 Å². The first-order valence-corrected chi connectivity index (χ1v) is 7.93. The second-order valence-electron chi connectivity index (χ2n) is 6.35. The molecule has 0 saturated carbocycles. The third-order valence-electron chi connectivity index (χ3n) is 3.24. The Hall–Kier alpha value is -1.37. The van der Waals surface area contributed by atoms with Gasteiger partial charge in [-0.05, 0) is 73.3 Å². The molecule has 0 fully saturated rings. The fourth-order valence-corrected chi connectivity index (χ4v) is 1.96. The second-order valence-corrected chi connectivity index (χ2v) is 6.35. The van der Waals surface area contributed by atoms with Crippen LogP contribution in [0.2, 0.25) is 0 Å². The third kappa shape index (κ3) is 13.4. The van der Waals surface area contributed by atoms with Gasteiger partial charge in [-0.15, -0.1) is 0 Å². The van der Waals surface area contributed by atoms with E-state index in [1.165, 1.54) is 22.3 Å². The van der Waals surface area contributed by atoms with Gasteiger partial charge >= 0.3 is 0 Å². The third-order valence-corrected chi connectivity index (χ3v) is 3.24. The zero-order valence-electron chi connectivity index (χ0n) is 14.8. The van der Waals surface area contributed by atoms with Crippen LogP contribution in [0, 0.1) is 0 Å². The molecule has 21 heavy (non-hydrogen) atoms. The lowest BCUT2D eigenvalue weighted by Crippen LogP contribution is -1.93. The lowest BCUT2D eigenvalue weighted by molar-refractivity contribution is -0.113. The summed E-state index contributed by atoms with van der Waals surface area (Å²) in [6.07, 6.45) is 13.0. The first-order valence-electron chi connectivity index (χ1n) is 7.93. The van der Waals surface area contributed by atoms with Gasteiger partial charge in [0.25, 0.3) is 0 Å². The Morgan fingerprint density at radius 2 is 1.19 bits per heavy atom. The summed E-state index contributed by atoms with van der Waals surface area (Å²) in [5.74, 6) is 0.214. The van der Waals surface area contributed by atoms with Crippen LogP contribution in [-0.2, 0) is 4.79 Å². The number of carbonyl (C=O) groups excluding carboxylic acids is 1. The van der Waals surface area contributed by atoms with Crippen molar-refractivity contribution in [2.45, 2.75) is 73.6 Å². The van der Waals surface area contributed by atoms with Crippen LogP contribution in [0.4, 0.5) is 0 Å². The summed E-state index contributed by atoms with van der Waals surface area (Å²) < 4.78 is 0. The molecule has 0 N–H and O–H groups in total. The Bertz CT molecular complexity index is 436. The van der Waals surface area contributed by atoms with Gasteiger partial charge in [0.2, 0.25) is 0 Å². The fourth-order valence-electron chi connectivity index (χ4n) is 1.96. The van der Waals surface area contributed by atoms with Gasteiger partial charge in [0.05, 0.1) is 0 Å². The summed E-state index contributed by atoms with van der Waals surface area (Å²) in [5, 5.41) is 0. The largest absolute Gasteiger partial charge is 0.295 e. The molecule has 0 radical (unpaired) electrons. The maximum absolute atomic E-state index is 11.9. The van der Waals surface area contributed by atoms with Gasteiger partial charge in [-0.25, -0.2) is 0 Å². The van der Waals surface area contributed by atoms with Gasteiger partial charge in [0.15, 0.2) is 5.78 Å². The molecular weight excluding hydrogens is 256 g/mol. The summed E-state index contributed by atoms with van der Waals surface area (Å²) >= 11 is 0. The van der Waals surface area contributed by atoms with Gasteiger partial charge in [0, 0.05) is 6.42 Å². The molecular formula is C20H32O. The molecule has 1 nitrogen and oxygen atoms in total. The minimum absolute atomic E-state index is 0.214. The highest BCUT2D eigenvalue weighted by Crippen LogP contribution is 2.10. The summed E-state index contributed by atoms with van der Waals surface area (Å²) in [5.41, 5.74) is 5.17. The van der Waals surface area contributed by atoms with Crippen molar-refractivity contribution in [3.8, 4) is 0 Å². The Morgan fingerprint density at radius 1 is 0.714 bits per heavy atom. The summed E-state index contributed by atoms with van der Waals surface area (Å²) in [4.78, 5) is 11.9. The molecule has 0 unspecified atom stereocenters. The fraction of sp³-hybridized carbons (Fsp3) is 0.550. The van der Waals surface area contributed by atoms with Crippen LogP contribution in [0.3, 0.4) is 0 Å². The normalized spacial score (nSPS) is 12.1.